The Hall–Kier alpha value is -1.43. The van der Waals surface area contributed by atoms with Crippen molar-refractivity contribution < 1.29 is 9.90 Å². The van der Waals surface area contributed by atoms with Gasteiger partial charge in [-0.2, -0.15) is 0 Å². The van der Waals surface area contributed by atoms with Crippen molar-refractivity contribution in [2.45, 2.75) is 19.4 Å². The van der Waals surface area contributed by atoms with Crippen molar-refractivity contribution in [2.24, 2.45) is 5.92 Å². The molecule has 1 N–H and O–H groups in total. The second-order valence-corrected chi connectivity index (χ2v) is 6.88. The van der Waals surface area contributed by atoms with Crippen LogP contribution in [0.25, 0.3) is 10.6 Å². The average molecular weight is 337 g/mol. The third-order valence-electron chi connectivity index (χ3n) is 3.99. The van der Waals surface area contributed by atoms with E-state index in [0.29, 0.717) is 23.8 Å². The van der Waals surface area contributed by atoms with E-state index < -0.39 is 0 Å². The normalized spacial score (nSPS) is 19.4. The predicted octanol–water partition coefficient (Wildman–Crippen LogP) is 3.31. The molecule has 1 fully saturated rings. The van der Waals surface area contributed by atoms with Gasteiger partial charge in [0.2, 0.25) is 0 Å². The number of hydrogen-bond donors (Lipinski definition) is 1. The van der Waals surface area contributed by atoms with E-state index in [0.717, 1.165) is 17.0 Å². The number of benzene rings is 1. The van der Waals surface area contributed by atoms with Crippen molar-refractivity contribution in [3.63, 3.8) is 0 Å². The molecule has 0 aliphatic carbocycles. The number of hydrogen-bond acceptors (Lipinski definition) is 4. The highest BCUT2D eigenvalue weighted by Gasteiger charge is 2.30. The zero-order valence-electron chi connectivity index (χ0n) is 12.2. The van der Waals surface area contributed by atoms with Gasteiger partial charge < -0.3 is 10.0 Å². The Labute approximate surface area is 138 Å². The molecule has 0 radical (unpaired) electrons. The van der Waals surface area contributed by atoms with Gasteiger partial charge in [0.25, 0.3) is 5.91 Å². The lowest BCUT2D eigenvalue weighted by Crippen LogP contribution is -2.30. The molecule has 4 nitrogen and oxygen atoms in total. The highest BCUT2D eigenvalue weighted by Crippen LogP contribution is 2.27. The molecular weight excluding hydrogens is 320 g/mol. The number of thiazole rings is 1. The average Bonchev–Trinajstić information content (AvgIpc) is 3.16. The predicted molar refractivity (Wildman–Crippen MR) is 88.3 cm³/mol. The molecule has 2 atom stereocenters. The first-order chi connectivity index (χ1) is 10.5. The molecular formula is C16H17ClN2O2S. The van der Waals surface area contributed by atoms with Crippen LogP contribution in [-0.2, 0) is 0 Å². The quantitative estimate of drug-likeness (QED) is 0.935. The lowest BCUT2D eigenvalue weighted by molar-refractivity contribution is 0.0757. The van der Waals surface area contributed by atoms with Crippen LogP contribution in [0.15, 0.2) is 29.6 Å². The summed E-state index contributed by atoms with van der Waals surface area (Å²) in [6, 6.07) is 7.45. The Balaban J connectivity index is 1.75. The SMILES string of the molecule is CC(O)C1CCN(C(=O)c2csc(-c3cccc(Cl)c3)n2)C1. The number of amides is 1. The van der Waals surface area contributed by atoms with Gasteiger partial charge in [-0.05, 0) is 25.5 Å². The van der Waals surface area contributed by atoms with Gasteiger partial charge in [-0.15, -0.1) is 11.3 Å². The van der Waals surface area contributed by atoms with E-state index in [4.69, 9.17) is 11.6 Å². The van der Waals surface area contributed by atoms with Crippen LogP contribution >= 0.6 is 22.9 Å². The van der Waals surface area contributed by atoms with Crippen LogP contribution in [0.5, 0.6) is 0 Å². The van der Waals surface area contributed by atoms with Crippen LogP contribution in [0.3, 0.4) is 0 Å². The van der Waals surface area contributed by atoms with Gasteiger partial charge in [-0.25, -0.2) is 4.98 Å². The van der Waals surface area contributed by atoms with E-state index in [2.05, 4.69) is 4.98 Å². The number of aromatic nitrogens is 1. The van der Waals surface area contributed by atoms with E-state index in [1.54, 1.807) is 17.2 Å². The molecule has 1 amide bonds. The number of carbonyl (C=O) groups is 1. The van der Waals surface area contributed by atoms with Crippen molar-refractivity contribution in [3.8, 4) is 10.6 Å². The number of aliphatic hydroxyl groups excluding tert-OH is 1. The number of rotatable bonds is 3. The van der Waals surface area contributed by atoms with Gasteiger partial charge in [0, 0.05) is 35.0 Å². The van der Waals surface area contributed by atoms with Crippen LogP contribution in [0.1, 0.15) is 23.8 Å². The molecule has 6 heteroatoms. The Morgan fingerprint density at radius 2 is 2.36 bits per heavy atom. The zero-order valence-corrected chi connectivity index (χ0v) is 13.8. The molecule has 3 rings (SSSR count). The second kappa shape index (κ2) is 6.36. The minimum Gasteiger partial charge on any atom is -0.393 e. The number of carbonyl (C=O) groups excluding carboxylic acids is 1. The molecule has 116 valence electrons. The maximum Gasteiger partial charge on any atom is 0.273 e. The lowest BCUT2D eigenvalue weighted by Gasteiger charge is -2.16. The van der Waals surface area contributed by atoms with Crippen LogP contribution < -0.4 is 0 Å². The van der Waals surface area contributed by atoms with Gasteiger partial charge in [0.1, 0.15) is 10.7 Å². The summed E-state index contributed by atoms with van der Waals surface area (Å²) in [6.07, 6.45) is 0.463. The van der Waals surface area contributed by atoms with Crippen LogP contribution in [-0.4, -0.2) is 40.1 Å². The Kier molecular flexibility index (Phi) is 4.47. The van der Waals surface area contributed by atoms with Gasteiger partial charge in [-0.3, -0.25) is 4.79 Å². The summed E-state index contributed by atoms with van der Waals surface area (Å²) in [4.78, 5) is 18.7. The third kappa shape index (κ3) is 3.16. The molecule has 2 aromatic rings. The summed E-state index contributed by atoms with van der Waals surface area (Å²) in [5.41, 5.74) is 1.38. The molecule has 2 heterocycles. The Morgan fingerprint density at radius 3 is 3.05 bits per heavy atom. The lowest BCUT2D eigenvalue weighted by atomic mass is 10.0. The Morgan fingerprint density at radius 1 is 1.55 bits per heavy atom. The summed E-state index contributed by atoms with van der Waals surface area (Å²) in [5, 5.41) is 12.9. The van der Waals surface area contributed by atoms with Crippen molar-refractivity contribution >= 4 is 28.8 Å². The van der Waals surface area contributed by atoms with Crippen molar-refractivity contribution in [2.75, 3.05) is 13.1 Å². The van der Waals surface area contributed by atoms with Crippen LogP contribution in [0.4, 0.5) is 0 Å². The number of nitrogens with zero attached hydrogens (tertiary/aromatic N) is 2. The van der Waals surface area contributed by atoms with Crippen molar-refractivity contribution in [3.05, 3.63) is 40.4 Å². The molecule has 2 unspecified atom stereocenters. The summed E-state index contributed by atoms with van der Waals surface area (Å²) in [6.45, 7) is 3.05. The zero-order chi connectivity index (χ0) is 15.7. The number of likely N-dealkylation sites (tertiary alicyclic amines) is 1. The van der Waals surface area contributed by atoms with Crippen LogP contribution in [0, 0.1) is 5.92 Å². The minimum atomic E-state index is -0.379. The fourth-order valence-corrected chi connectivity index (χ4v) is 3.63. The molecule has 22 heavy (non-hydrogen) atoms. The number of aliphatic hydroxyl groups is 1. The molecule has 1 aromatic heterocycles. The molecule has 0 saturated carbocycles. The van der Waals surface area contributed by atoms with Crippen molar-refractivity contribution in [1.82, 2.24) is 9.88 Å². The van der Waals surface area contributed by atoms with Crippen LogP contribution in [0.2, 0.25) is 5.02 Å². The summed E-state index contributed by atoms with van der Waals surface area (Å²) < 4.78 is 0. The maximum absolute atomic E-state index is 12.5. The molecule has 1 aromatic carbocycles. The Bertz CT molecular complexity index is 686. The first-order valence-electron chi connectivity index (χ1n) is 7.23. The summed E-state index contributed by atoms with van der Waals surface area (Å²) >= 11 is 7.43. The third-order valence-corrected chi connectivity index (χ3v) is 5.12. The standard InChI is InChI=1S/C16H17ClN2O2S/c1-10(20)12-5-6-19(8-12)16(21)14-9-22-15(18-14)11-3-2-4-13(17)7-11/h2-4,7,9-10,12,20H,5-6,8H2,1H3. The fourth-order valence-electron chi connectivity index (χ4n) is 2.65. The highest BCUT2D eigenvalue weighted by atomic mass is 35.5. The highest BCUT2D eigenvalue weighted by molar-refractivity contribution is 7.13. The molecule has 1 aliphatic heterocycles. The summed E-state index contributed by atoms with van der Waals surface area (Å²) in [7, 11) is 0. The van der Waals surface area contributed by atoms with E-state index in [9.17, 15) is 9.90 Å². The largest absolute Gasteiger partial charge is 0.393 e. The van der Waals surface area contributed by atoms with Gasteiger partial charge >= 0.3 is 0 Å². The van der Waals surface area contributed by atoms with Crippen molar-refractivity contribution in [1.29, 1.82) is 0 Å². The summed E-state index contributed by atoms with van der Waals surface area (Å²) in [5.74, 6) is 0.0997. The first kappa shape index (κ1) is 15.5. The monoisotopic (exact) mass is 336 g/mol. The van der Waals surface area contributed by atoms with Gasteiger partial charge in [-0.1, -0.05) is 23.7 Å². The maximum atomic E-state index is 12.5. The van der Waals surface area contributed by atoms with E-state index in [-0.39, 0.29) is 17.9 Å². The molecule has 1 aliphatic rings. The fraction of sp³-hybridized carbons (Fsp3) is 0.375. The van der Waals surface area contributed by atoms with Gasteiger partial charge in [0.15, 0.2) is 0 Å². The molecule has 1 saturated heterocycles. The second-order valence-electron chi connectivity index (χ2n) is 5.59. The smallest absolute Gasteiger partial charge is 0.273 e. The van der Waals surface area contributed by atoms with Gasteiger partial charge in [0.05, 0.1) is 6.10 Å². The van der Waals surface area contributed by atoms with E-state index in [1.807, 2.05) is 24.3 Å². The first-order valence-corrected chi connectivity index (χ1v) is 8.49. The minimum absolute atomic E-state index is 0.0623. The molecule has 0 bridgehead atoms. The molecule has 0 spiro atoms. The topological polar surface area (TPSA) is 53.4 Å². The van der Waals surface area contributed by atoms with E-state index in [1.165, 1.54) is 11.3 Å². The number of halogens is 1. The van der Waals surface area contributed by atoms with E-state index >= 15 is 0 Å².